The average molecular weight is 546 g/mol. The van der Waals surface area contributed by atoms with Crippen molar-refractivity contribution in [2.45, 2.75) is 32.2 Å². The van der Waals surface area contributed by atoms with Crippen molar-refractivity contribution in [3.05, 3.63) is 48.1 Å². The molecule has 0 spiro atoms. The van der Waals surface area contributed by atoms with Gasteiger partial charge in [0.25, 0.3) is 0 Å². The van der Waals surface area contributed by atoms with Crippen LogP contribution in [0.3, 0.4) is 0 Å². The molecule has 2 atom stereocenters. The molecule has 2 fully saturated rings. The minimum atomic E-state index is -0.932. The molecule has 2 aliphatic heterocycles. The fourth-order valence-corrected chi connectivity index (χ4v) is 4.62. The highest BCUT2D eigenvalue weighted by atomic mass is 19.1. The van der Waals surface area contributed by atoms with Gasteiger partial charge in [0.1, 0.15) is 23.6 Å². The summed E-state index contributed by atoms with van der Waals surface area (Å²) >= 11 is 0. The highest BCUT2D eigenvalue weighted by molar-refractivity contribution is 5.90. The molecule has 39 heavy (non-hydrogen) atoms. The number of likely N-dealkylation sites (N-methyl/N-ethyl adjacent to an activating group) is 1. The maximum Gasteiger partial charge on any atom is 0.414 e. The van der Waals surface area contributed by atoms with Crippen LogP contribution in [-0.2, 0) is 16.1 Å². The maximum absolute atomic E-state index is 15.0. The molecular formula is C26H36FN7O5. The van der Waals surface area contributed by atoms with Crippen molar-refractivity contribution in [1.82, 2.24) is 19.4 Å². The average Bonchev–Trinajstić information content (AvgIpc) is 3.33. The lowest BCUT2D eigenvalue weighted by Crippen LogP contribution is -2.52. The van der Waals surface area contributed by atoms with Gasteiger partial charge in [0.05, 0.1) is 43.8 Å². The number of nitrogens with zero attached hydrogens (tertiary/aromatic N) is 7. The number of cyclic esters (lactones) is 1. The number of aliphatic hydroxyl groups excluding tert-OH is 2. The Labute approximate surface area is 226 Å². The number of carbonyl (C=O) groups is 2. The summed E-state index contributed by atoms with van der Waals surface area (Å²) in [6.07, 6.45) is 3.96. The molecule has 13 heteroatoms. The zero-order chi connectivity index (χ0) is 27.9. The first-order valence-corrected chi connectivity index (χ1v) is 13.1. The van der Waals surface area contributed by atoms with Gasteiger partial charge in [-0.25, -0.2) is 9.18 Å². The first-order valence-electron chi connectivity index (χ1n) is 13.1. The predicted octanol–water partition coefficient (Wildman–Crippen LogP) is 0.249. The number of rotatable bonds is 10. The van der Waals surface area contributed by atoms with E-state index >= 15 is 0 Å². The number of anilines is 2. The molecule has 2 saturated heterocycles. The van der Waals surface area contributed by atoms with Crippen molar-refractivity contribution < 1.29 is 28.9 Å². The molecule has 0 saturated carbocycles. The summed E-state index contributed by atoms with van der Waals surface area (Å²) in [6.45, 7) is 4.59. The zero-order valence-electron chi connectivity index (χ0n) is 22.3. The number of benzene rings is 1. The number of carbonyl (C=O) groups excluding carboxylic acids is 2. The van der Waals surface area contributed by atoms with Crippen molar-refractivity contribution in [2.75, 3.05) is 69.3 Å². The molecule has 1 aromatic heterocycles. The van der Waals surface area contributed by atoms with Gasteiger partial charge in [-0.1, -0.05) is 6.92 Å². The topological polar surface area (TPSA) is 127 Å². The van der Waals surface area contributed by atoms with Gasteiger partial charge in [0.2, 0.25) is 5.91 Å². The summed E-state index contributed by atoms with van der Waals surface area (Å²) in [5.74, 6) is -0.603. The molecule has 1 aromatic carbocycles. The molecule has 2 aromatic rings. The first-order chi connectivity index (χ1) is 18.8. The Morgan fingerprint density at radius 1 is 1.31 bits per heavy atom. The maximum atomic E-state index is 15.0. The summed E-state index contributed by atoms with van der Waals surface area (Å²) in [5, 5.41) is 19.8. The molecule has 12 nitrogen and oxygen atoms in total. The van der Waals surface area contributed by atoms with Crippen LogP contribution in [-0.4, -0.2) is 113 Å². The van der Waals surface area contributed by atoms with E-state index < -0.39 is 24.2 Å². The number of aromatic nitrogens is 2. The van der Waals surface area contributed by atoms with Gasteiger partial charge in [0, 0.05) is 45.1 Å². The Kier molecular flexibility index (Phi) is 9.49. The highest BCUT2D eigenvalue weighted by Gasteiger charge is 2.32. The number of hydrogen-bond acceptors (Lipinski definition) is 9. The Balaban J connectivity index is 1.28. The molecule has 212 valence electrons. The SMILES string of the molecule is CCCn1ccncc1=NCC(O)N(C)CC(=O)N1CCN(c2ccc(N3CC(CO)OC3=O)cc2F)CC1. The zero-order valence-corrected chi connectivity index (χ0v) is 22.3. The molecule has 2 N–H and O–H groups in total. The van der Waals surface area contributed by atoms with Gasteiger partial charge in [0.15, 0.2) is 0 Å². The van der Waals surface area contributed by atoms with Gasteiger partial charge in [-0.3, -0.25) is 24.6 Å². The lowest BCUT2D eigenvalue weighted by atomic mass is 10.2. The normalized spacial score (nSPS) is 19.1. The second-order valence-corrected chi connectivity index (χ2v) is 9.67. The van der Waals surface area contributed by atoms with E-state index in [2.05, 4.69) is 16.9 Å². The highest BCUT2D eigenvalue weighted by Crippen LogP contribution is 2.28. The van der Waals surface area contributed by atoms with Crippen molar-refractivity contribution in [3.8, 4) is 0 Å². The second kappa shape index (κ2) is 13.0. The number of piperazine rings is 1. The molecule has 3 heterocycles. The second-order valence-electron chi connectivity index (χ2n) is 9.67. The third-order valence-electron chi connectivity index (χ3n) is 6.89. The van der Waals surface area contributed by atoms with Crippen LogP contribution in [0.25, 0.3) is 0 Å². The number of aryl methyl sites for hydroxylation is 1. The lowest BCUT2D eigenvalue weighted by molar-refractivity contribution is -0.134. The molecule has 0 bridgehead atoms. The van der Waals surface area contributed by atoms with E-state index in [-0.39, 0.29) is 32.1 Å². The summed E-state index contributed by atoms with van der Waals surface area (Å²) in [4.78, 5) is 39.8. The Bertz CT molecular complexity index is 1220. The van der Waals surface area contributed by atoms with Crippen LogP contribution in [0, 0.1) is 5.82 Å². The van der Waals surface area contributed by atoms with Gasteiger partial charge in [-0.05, 0) is 31.7 Å². The van der Waals surface area contributed by atoms with E-state index in [1.54, 1.807) is 41.4 Å². The standard InChI is InChI=1S/C26H36FN7O5/c1-3-7-32-8-6-28-14-23(32)29-15-24(36)30(2)17-25(37)33-11-9-31(10-12-33)22-5-4-19(13-21(22)27)34-16-20(18-35)39-26(34)38/h4-6,8,13-14,20,24,35-36H,3,7,9-12,15-18H2,1-2H3. The van der Waals surface area contributed by atoms with Crippen molar-refractivity contribution in [2.24, 2.45) is 4.99 Å². The summed E-state index contributed by atoms with van der Waals surface area (Å²) in [6, 6.07) is 4.54. The van der Waals surface area contributed by atoms with Crippen LogP contribution in [0.2, 0.25) is 0 Å². The van der Waals surface area contributed by atoms with Crippen LogP contribution in [0.1, 0.15) is 13.3 Å². The van der Waals surface area contributed by atoms with E-state index in [0.29, 0.717) is 43.0 Å². The van der Waals surface area contributed by atoms with Crippen molar-refractivity contribution >= 4 is 23.4 Å². The quantitative estimate of drug-likeness (QED) is 0.407. The minimum Gasteiger partial charge on any atom is -0.441 e. The molecular weight excluding hydrogens is 509 g/mol. The Morgan fingerprint density at radius 3 is 2.74 bits per heavy atom. The van der Waals surface area contributed by atoms with E-state index in [1.807, 2.05) is 15.7 Å². The van der Waals surface area contributed by atoms with Crippen molar-refractivity contribution in [1.29, 1.82) is 0 Å². The molecule has 2 unspecified atom stereocenters. The van der Waals surface area contributed by atoms with Gasteiger partial charge >= 0.3 is 6.09 Å². The van der Waals surface area contributed by atoms with Gasteiger partial charge < -0.3 is 29.3 Å². The van der Waals surface area contributed by atoms with E-state index in [9.17, 15) is 24.2 Å². The monoisotopic (exact) mass is 545 g/mol. The van der Waals surface area contributed by atoms with Crippen LogP contribution >= 0.6 is 0 Å². The molecule has 0 aliphatic carbocycles. The predicted molar refractivity (Wildman–Crippen MR) is 141 cm³/mol. The number of amides is 2. The van der Waals surface area contributed by atoms with Crippen molar-refractivity contribution in [3.63, 3.8) is 0 Å². The number of hydrogen-bond donors (Lipinski definition) is 2. The minimum absolute atomic E-state index is 0.0303. The molecule has 4 rings (SSSR count). The molecule has 0 radical (unpaired) electrons. The summed E-state index contributed by atoms with van der Waals surface area (Å²) in [5.41, 5.74) is 1.43. The number of halogens is 1. The molecule has 2 aliphatic rings. The smallest absolute Gasteiger partial charge is 0.414 e. The van der Waals surface area contributed by atoms with Crippen LogP contribution < -0.4 is 15.3 Å². The Morgan fingerprint density at radius 2 is 2.08 bits per heavy atom. The van der Waals surface area contributed by atoms with E-state index in [0.717, 1.165) is 13.0 Å². The fourth-order valence-electron chi connectivity index (χ4n) is 4.62. The first kappa shape index (κ1) is 28.5. The van der Waals surface area contributed by atoms with Gasteiger partial charge in [-0.15, -0.1) is 0 Å². The van der Waals surface area contributed by atoms with Crippen LogP contribution in [0.15, 0.2) is 41.8 Å². The van der Waals surface area contributed by atoms with Gasteiger partial charge in [-0.2, -0.15) is 0 Å². The third-order valence-corrected chi connectivity index (χ3v) is 6.89. The Hall–Kier alpha value is -3.55. The van der Waals surface area contributed by atoms with Crippen LogP contribution in [0.4, 0.5) is 20.6 Å². The number of aliphatic hydroxyl groups is 2. The number of ether oxygens (including phenoxy) is 1. The third kappa shape index (κ3) is 6.91. The largest absolute Gasteiger partial charge is 0.441 e. The molecule has 2 amide bonds. The van der Waals surface area contributed by atoms with Crippen LogP contribution in [0.5, 0.6) is 0 Å². The lowest BCUT2D eigenvalue weighted by Gasteiger charge is -2.37. The summed E-state index contributed by atoms with van der Waals surface area (Å²) in [7, 11) is 1.67. The van der Waals surface area contributed by atoms with E-state index in [1.165, 1.54) is 11.0 Å². The summed E-state index contributed by atoms with van der Waals surface area (Å²) < 4.78 is 22.0. The fraction of sp³-hybridized carbons (Fsp3) is 0.538. The van der Waals surface area contributed by atoms with E-state index in [4.69, 9.17) is 4.74 Å².